The summed E-state index contributed by atoms with van der Waals surface area (Å²) in [5, 5.41) is 3.67. The molecule has 0 amide bonds. The van der Waals surface area contributed by atoms with E-state index in [2.05, 4.69) is 302 Å². The molecule has 0 aliphatic carbocycles. The standard InChI is InChI=1S/C91H84N12/c1-45-35-48(4)74(49(5)36-45)78-68-29-27-66(92-68)77(67-28-30-69(93-67)79(75-50(6)37-46(2)38-51(75)7)71-32-34-73(95-71)80(72-33-31-70(78)94-72)76-52(8)39-47(3)40-53(76)9)54-19-23-58-62(41-54)85-96-81(58)98-86-64-43-56(90(13,14)15)21-25-60(64)83(100-86)102-88-65-44-57(91(16,17)18)22-26-61(65)84(103-88)101-87-63-42-55(89(10,11)12)20-24-59(63)82(97-85)99-87/h19-44,92,95H,1-18H3,(H2,96,97,98,99,100,101,102,103). The van der Waals surface area contributed by atoms with Gasteiger partial charge in [-0.05, 0) is 230 Å². The average Bonchev–Trinajstić information content (AvgIpc) is 1.62. The quantitative estimate of drug-likeness (QED) is 0.135. The molecule has 6 aromatic heterocycles. The van der Waals surface area contributed by atoms with Crippen molar-refractivity contribution in [3.8, 4) is 90.1 Å². The number of aromatic nitrogens is 12. The van der Waals surface area contributed by atoms with Crippen LogP contribution in [-0.2, 0) is 16.2 Å². The summed E-state index contributed by atoms with van der Waals surface area (Å²) in [6, 6.07) is 49.0. The first kappa shape index (κ1) is 64.8. The summed E-state index contributed by atoms with van der Waals surface area (Å²) in [6.07, 6.45) is 8.78. The Balaban J connectivity index is 0.990. The molecule has 4 aliphatic rings. The molecule has 508 valence electrons. The van der Waals surface area contributed by atoms with Crippen molar-refractivity contribution in [1.82, 2.24) is 59.8 Å². The van der Waals surface area contributed by atoms with Crippen LogP contribution in [0.1, 0.15) is 152 Å². The predicted molar refractivity (Wildman–Crippen MR) is 429 cm³/mol. The molecular weight excluding hydrogens is 1260 g/mol. The van der Waals surface area contributed by atoms with Crippen LogP contribution in [0.15, 0.2) is 133 Å². The summed E-state index contributed by atoms with van der Waals surface area (Å²) in [5.74, 6) is 2.14. The molecule has 7 aromatic carbocycles. The van der Waals surface area contributed by atoms with E-state index in [0.29, 0.717) is 45.9 Å². The van der Waals surface area contributed by atoms with Gasteiger partial charge in [-0.25, -0.2) is 39.9 Å². The van der Waals surface area contributed by atoms with Crippen LogP contribution in [0.4, 0.5) is 0 Å². The molecule has 0 fully saturated rings. The number of nitrogens with one attached hydrogen (secondary N) is 4. The van der Waals surface area contributed by atoms with Crippen LogP contribution in [0.5, 0.6) is 0 Å². The first-order valence-electron chi connectivity index (χ1n) is 35.9. The Bertz CT molecular complexity index is 6200. The highest BCUT2D eigenvalue weighted by molar-refractivity contribution is 6.08. The van der Waals surface area contributed by atoms with Gasteiger partial charge in [0, 0.05) is 88.1 Å². The van der Waals surface area contributed by atoms with Gasteiger partial charge < -0.3 is 19.9 Å². The molecule has 4 N–H and O–H groups in total. The molecule has 12 nitrogen and oxygen atoms in total. The number of benzene rings is 7. The normalized spacial score (nSPS) is 12.9. The molecule has 13 aromatic rings. The molecule has 17 rings (SSSR count). The highest BCUT2D eigenvalue weighted by Crippen LogP contribution is 2.46. The Hall–Kier alpha value is -11.5. The fraction of sp³-hybridized carbons (Fsp3) is 0.231. The maximum absolute atomic E-state index is 5.86. The third kappa shape index (κ3) is 10.9. The van der Waals surface area contributed by atoms with Crippen LogP contribution >= 0.6 is 0 Å². The van der Waals surface area contributed by atoms with E-state index in [1.807, 2.05) is 0 Å². The molecule has 0 radical (unpaired) electrons. The van der Waals surface area contributed by atoms with Gasteiger partial charge in [0.2, 0.25) is 0 Å². The van der Waals surface area contributed by atoms with Gasteiger partial charge in [-0.1, -0.05) is 158 Å². The van der Waals surface area contributed by atoms with Gasteiger partial charge in [-0.15, -0.1) is 0 Å². The highest BCUT2D eigenvalue weighted by Gasteiger charge is 2.29. The second-order valence-corrected chi connectivity index (χ2v) is 32.2. The lowest BCUT2D eigenvalue weighted by molar-refractivity contribution is 0.590. The van der Waals surface area contributed by atoms with E-state index in [-0.39, 0.29) is 16.2 Å². The van der Waals surface area contributed by atoms with Gasteiger partial charge in [0.05, 0.1) is 22.8 Å². The SMILES string of the molecule is Cc1cc(C)c(-c2c3nc(c(-c4c(C)cc(C)cc4C)c4ccc([nH]4)c(-c4c(C)cc(C)cc4C)c4nc(c(-c5ccc6c(c5)-c5nc-6nc6[nH]c(nc7nc(nc8[nH]c(n5)c5ccc(C(C)(C)C)cc85)-c5ccc(C(C)(C)C)cc5-7)c5ccc(C(C)(C)C)cc65)c5ccc2[nH]5)C=C4)C=C3)c(C)c1. The number of H-pyrrole nitrogens is 4. The summed E-state index contributed by atoms with van der Waals surface area (Å²) in [4.78, 5) is 60.4. The van der Waals surface area contributed by atoms with Crippen molar-refractivity contribution in [3.63, 3.8) is 0 Å². The molecule has 4 aliphatic heterocycles. The molecule has 0 spiro atoms. The lowest BCUT2D eigenvalue weighted by Crippen LogP contribution is -2.10. The molecule has 103 heavy (non-hydrogen) atoms. The first-order chi connectivity index (χ1) is 49.1. The maximum Gasteiger partial charge on any atom is 0.164 e. The lowest BCUT2D eigenvalue weighted by Gasteiger charge is -2.19. The summed E-state index contributed by atoms with van der Waals surface area (Å²) in [5.41, 5.74) is 35.1. The molecular formula is C91H84N12. The Morgan fingerprint density at radius 3 is 0.913 bits per heavy atom. The van der Waals surface area contributed by atoms with Crippen LogP contribution in [0.3, 0.4) is 0 Å². The smallest absolute Gasteiger partial charge is 0.164 e. The van der Waals surface area contributed by atoms with Crippen molar-refractivity contribution in [1.29, 1.82) is 0 Å². The first-order valence-corrected chi connectivity index (χ1v) is 35.9. The number of fused-ring (bicyclic) bond motifs is 28. The summed E-state index contributed by atoms with van der Waals surface area (Å²) >= 11 is 0. The van der Waals surface area contributed by atoms with Crippen molar-refractivity contribution >= 4 is 90.5 Å². The van der Waals surface area contributed by atoms with Crippen LogP contribution in [-0.4, -0.2) is 59.8 Å². The molecule has 0 saturated carbocycles. The van der Waals surface area contributed by atoms with Gasteiger partial charge in [0.15, 0.2) is 23.3 Å². The number of aryl methyl sites for hydroxylation is 9. The second-order valence-electron chi connectivity index (χ2n) is 32.2. The molecule has 16 bridgehead atoms. The molecule has 10 heterocycles. The van der Waals surface area contributed by atoms with E-state index in [1.54, 1.807) is 0 Å². The van der Waals surface area contributed by atoms with Gasteiger partial charge in [-0.3, -0.25) is 0 Å². The van der Waals surface area contributed by atoms with Gasteiger partial charge in [0.25, 0.3) is 0 Å². The van der Waals surface area contributed by atoms with Gasteiger partial charge in [-0.2, -0.15) is 0 Å². The number of rotatable bonds is 4. The third-order valence-corrected chi connectivity index (χ3v) is 21.3. The number of hydrogen-bond donors (Lipinski definition) is 4. The summed E-state index contributed by atoms with van der Waals surface area (Å²) < 4.78 is 0. The van der Waals surface area contributed by atoms with Crippen LogP contribution in [0.2, 0.25) is 0 Å². The maximum atomic E-state index is 5.86. The topological polar surface area (TPSA) is 166 Å². The van der Waals surface area contributed by atoms with Crippen LogP contribution in [0.25, 0.3) is 181 Å². The lowest BCUT2D eigenvalue weighted by atomic mass is 9.85. The van der Waals surface area contributed by atoms with Crippen molar-refractivity contribution in [2.45, 2.75) is 141 Å². The summed E-state index contributed by atoms with van der Waals surface area (Å²) in [7, 11) is 0. The minimum absolute atomic E-state index is 0.132. The highest BCUT2D eigenvalue weighted by atomic mass is 15.1. The Morgan fingerprint density at radius 2 is 0.544 bits per heavy atom. The zero-order valence-electron chi connectivity index (χ0n) is 62.1. The van der Waals surface area contributed by atoms with Crippen molar-refractivity contribution in [2.24, 2.45) is 0 Å². The fourth-order valence-electron chi connectivity index (χ4n) is 16.4. The average molecular weight is 1350 g/mol. The third-order valence-electron chi connectivity index (χ3n) is 21.3. The monoisotopic (exact) mass is 1340 g/mol. The van der Waals surface area contributed by atoms with E-state index >= 15 is 0 Å². The second kappa shape index (κ2) is 23.3. The number of nitrogens with zero attached hydrogens (tertiary/aromatic N) is 8. The minimum Gasteiger partial charge on any atom is -0.354 e. The molecule has 12 heteroatoms. The predicted octanol–water partition coefficient (Wildman–Crippen LogP) is 23.2. The Kier molecular flexibility index (Phi) is 14.7. The van der Waals surface area contributed by atoms with E-state index in [0.717, 1.165) is 133 Å². The van der Waals surface area contributed by atoms with Crippen molar-refractivity contribution < 1.29 is 0 Å². The number of aromatic amines is 4. The van der Waals surface area contributed by atoms with Crippen molar-refractivity contribution in [3.05, 3.63) is 223 Å². The Labute approximate surface area is 600 Å². The van der Waals surface area contributed by atoms with E-state index in [4.69, 9.17) is 39.9 Å². The van der Waals surface area contributed by atoms with E-state index in [9.17, 15) is 0 Å². The zero-order valence-corrected chi connectivity index (χ0v) is 62.1. The van der Waals surface area contributed by atoms with Gasteiger partial charge >= 0.3 is 0 Å². The molecule has 0 saturated heterocycles. The van der Waals surface area contributed by atoms with Crippen LogP contribution in [0, 0.1) is 62.3 Å². The Morgan fingerprint density at radius 1 is 0.243 bits per heavy atom. The van der Waals surface area contributed by atoms with Gasteiger partial charge in [0.1, 0.15) is 22.6 Å². The van der Waals surface area contributed by atoms with Crippen molar-refractivity contribution in [2.75, 3.05) is 0 Å². The number of hydrogen-bond acceptors (Lipinski definition) is 8. The van der Waals surface area contributed by atoms with E-state index < -0.39 is 0 Å². The van der Waals surface area contributed by atoms with E-state index in [1.165, 1.54) is 66.8 Å². The summed E-state index contributed by atoms with van der Waals surface area (Å²) in [6.45, 7) is 40.0. The molecule has 0 unspecified atom stereocenters. The fourth-order valence-corrected chi connectivity index (χ4v) is 16.4. The minimum atomic E-state index is -0.161. The molecule has 0 atom stereocenters. The van der Waals surface area contributed by atoms with Crippen LogP contribution < -0.4 is 0 Å². The zero-order chi connectivity index (χ0) is 71.8. The largest absolute Gasteiger partial charge is 0.354 e.